The van der Waals surface area contributed by atoms with E-state index in [4.69, 9.17) is 0 Å². The molecule has 2 unspecified atom stereocenters. The number of hydrogen-bond donors (Lipinski definition) is 1. The molecule has 3 rings (SSSR count). The van der Waals surface area contributed by atoms with Crippen LogP contribution >= 0.6 is 11.5 Å². The summed E-state index contributed by atoms with van der Waals surface area (Å²) in [6, 6.07) is 5.07. The van der Waals surface area contributed by atoms with Gasteiger partial charge in [-0.2, -0.15) is 13.2 Å². The fourth-order valence-electron chi connectivity index (χ4n) is 2.88. The summed E-state index contributed by atoms with van der Waals surface area (Å²) in [5.41, 5.74) is 0.263. The number of hydrogen-bond acceptors (Lipinski definition) is 5. The van der Waals surface area contributed by atoms with E-state index in [0.717, 1.165) is 6.07 Å². The molecular formula is C14H14F3N3OS. The number of aliphatic hydroxyl groups excluding tert-OH is 1. The van der Waals surface area contributed by atoms with Crippen molar-refractivity contribution in [2.45, 2.75) is 31.3 Å². The molecule has 2 aromatic rings. The van der Waals surface area contributed by atoms with Crippen molar-refractivity contribution in [1.29, 1.82) is 0 Å². The molecule has 0 spiro atoms. The monoisotopic (exact) mass is 329 g/mol. The van der Waals surface area contributed by atoms with Gasteiger partial charge < -0.3 is 5.11 Å². The van der Waals surface area contributed by atoms with Gasteiger partial charge in [-0.05, 0) is 29.6 Å². The molecule has 4 nitrogen and oxygen atoms in total. The van der Waals surface area contributed by atoms with Crippen molar-refractivity contribution in [2.24, 2.45) is 0 Å². The zero-order chi connectivity index (χ0) is 15.7. The predicted octanol–water partition coefficient (Wildman–Crippen LogP) is 2.86. The lowest BCUT2D eigenvalue weighted by molar-refractivity contribution is -0.138. The van der Waals surface area contributed by atoms with Gasteiger partial charge in [0.1, 0.15) is 0 Å². The molecule has 0 radical (unpaired) electrons. The molecule has 22 heavy (non-hydrogen) atoms. The third kappa shape index (κ3) is 3.13. The predicted molar refractivity (Wildman–Crippen MR) is 75.1 cm³/mol. The van der Waals surface area contributed by atoms with Crippen molar-refractivity contribution in [2.75, 3.05) is 6.54 Å². The third-order valence-corrected chi connectivity index (χ3v) is 4.33. The molecule has 118 valence electrons. The van der Waals surface area contributed by atoms with Gasteiger partial charge in [0.15, 0.2) is 0 Å². The van der Waals surface area contributed by atoms with Crippen molar-refractivity contribution in [1.82, 2.24) is 14.5 Å². The lowest BCUT2D eigenvalue weighted by Crippen LogP contribution is -2.26. The van der Waals surface area contributed by atoms with Crippen LogP contribution in [0.3, 0.4) is 0 Å². The van der Waals surface area contributed by atoms with Crippen LogP contribution in [0, 0.1) is 0 Å². The highest BCUT2D eigenvalue weighted by atomic mass is 32.1. The van der Waals surface area contributed by atoms with E-state index in [9.17, 15) is 18.3 Å². The first kappa shape index (κ1) is 15.4. The molecule has 1 aromatic carbocycles. The smallest absolute Gasteiger partial charge is 0.392 e. The summed E-state index contributed by atoms with van der Waals surface area (Å²) in [6.45, 7) is 0.707. The van der Waals surface area contributed by atoms with Gasteiger partial charge in [-0.3, -0.25) is 4.90 Å². The summed E-state index contributed by atoms with van der Waals surface area (Å²) in [5.74, 6) is 0. The molecule has 0 saturated carbocycles. The Bertz CT molecular complexity index is 633. The SMILES string of the molecule is OC1CC(c2ccccc2C(F)(F)F)N(Cc2csnn2)C1. The molecule has 8 heteroatoms. The average molecular weight is 329 g/mol. The van der Waals surface area contributed by atoms with E-state index in [1.54, 1.807) is 11.4 Å². The number of β-amino-alcohol motifs (C(OH)–C–C–N with tert-alkyl or cyclic N) is 1. The molecule has 0 bridgehead atoms. The van der Waals surface area contributed by atoms with E-state index in [1.807, 2.05) is 4.90 Å². The second kappa shape index (κ2) is 5.94. The normalized spacial score (nSPS) is 23.1. The topological polar surface area (TPSA) is 49.2 Å². The number of nitrogens with zero attached hydrogens (tertiary/aromatic N) is 3. The summed E-state index contributed by atoms with van der Waals surface area (Å²) in [7, 11) is 0. The molecule has 0 amide bonds. The highest BCUT2D eigenvalue weighted by Gasteiger charge is 2.39. The summed E-state index contributed by atoms with van der Waals surface area (Å²) in [6.07, 6.45) is -4.76. The number of benzene rings is 1. The quantitative estimate of drug-likeness (QED) is 0.941. The minimum atomic E-state index is -4.40. The van der Waals surface area contributed by atoms with Gasteiger partial charge in [0.2, 0.25) is 0 Å². The lowest BCUT2D eigenvalue weighted by Gasteiger charge is -2.26. The van der Waals surface area contributed by atoms with Gasteiger partial charge in [-0.25, -0.2) is 0 Å². The Kier molecular flexibility index (Phi) is 4.16. The molecule has 0 aliphatic carbocycles. The third-order valence-electron chi connectivity index (χ3n) is 3.78. The largest absolute Gasteiger partial charge is 0.416 e. The standard InChI is InChI=1S/C14H14F3N3OS/c15-14(16,17)12-4-2-1-3-11(12)13-5-10(21)7-20(13)6-9-8-22-19-18-9/h1-4,8,10,13,21H,5-7H2. The first-order chi connectivity index (χ1) is 10.4. The summed E-state index contributed by atoms with van der Waals surface area (Å²) in [5, 5.41) is 15.6. The van der Waals surface area contributed by atoms with Gasteiger partial charge in [0, 0.05) is 24.5 Å². The Morgan fingerprint density at radius 1 is 1.32 bits per heavy atom. The summed E-state index contributed by atoms with van der Waals surface area (Å²) < 4.78 is 43.4. The number of alkyl halides is 3. The van der Waals surface area contributed by atoms with Gasteiger partial charge in [0.05, 0.1) is 17.4 Å². The molecule has 1 fully saturated rings. The highest BCUT2D eigenvalue weighted by Crippen LogP contribution is 2.40. The van der Waals surface area contributed by atoms with Crippen LogP contribution in [0.2, 0.25) is 0 Å². The number of likely N-dealkylation sites (tertiary alicyclic amines) is 1. The Morgan fingerprint density at radius 3 is 2.77 bits per heavy atom. The average Bonchev–Trinajstić information content (AvgIpc) is 3.08. The molecule has 2 atom stereocenters. The van der Waals surface area contributed by atoms with Gasteiger partial charge >= 0.3 is 6.18 Å². The minimum Gasteiger partial charge on any atom is -0.392 e. The first-order valence-electron chi connectivity index (χ1n) is 6.79. The fourth-order valence-corrected chi connectivity index (χ4v) is 3.33. The summed E-state index contributed by atoms with van der Waals surface area (Å²) in [4.78, 5) is 1.83. The molecule has 1 N–H and O–H groups in total. The second-order valence-corrected chi connectivity index (χ2v) is 5.93. The van der Waals surface area contributed by atoms with Crippen LogP contribution in [0.15, 0.2) is 29.6 Å². The molecule has 1 aliphatic rings. The van der Waals surface area contributed by atoms with Crippen LogP contribution in [0.5, 0.6) is 0 Å². The maximum absolute atomic E-state index is 13.2. The molecule has 2 heterocycles. The minimum absolute atomic E-state index is 0.203. The number of halogens is 3. The highest BCUT2D eigenvalue weighted by molar-refractivity contribution is 7.03. The van der Waals surface area contributed by atoms with E-state index < -0.39 is 23.9 Å². The van der Waals surface area contributed by atoms with E-state index in [2.05, 4.69) is 9.59 Å². The zero-order valence-corrected chi connectivity index (χ0v) is 12.3. The maximum Gasteiger partial charge on any atom is 0.416 e. The van der Waals surface area contributed by atoms with Crippen LogP contribution < -0.4 is 0 Å². The Labute approximate surface area is 129 Å². The fraction of sp³-hybridized carbons (Fsp3) is 0.429. The van der Waals surface area contributed by atoms with Crippen molar-refractivity contribution in [3.05, 3.63) is 46.5 Å². The number of rotatable bonds is 3. The van der Waals surface area contributed by atoms with Crippen LogP contribution in [0.25, 0.3) is 0 Å². The molecule has 1 aliphatic heterocycles. The van der Waals surface area contributed by atoms with Crippen molar-refractivity contribution in [3.8, 4) is 0 Å². The Hall–Kier alpha value is -1.51. The van der Waals surface area contributed by atoms with Gasteiger partial charge in [-0.1, -0.05) is 22.7 Å². The van der Waals surface area contributed by atoms with Gasteiger partial charge in [-0.15, -0.1) is 5.10 Å². The molecular weight excluding hydrogens is 315 g/mol. The van der Waals surface area contributed by atoms with Crippen molar-refractivity contribution >= 4 is 11.5 Å². The Balaban J connectivity index is 1.92. The second-order valence-electron chi connectivity index (χ2n) is 5.32. The van der Waals surface area contributed by atoms with Crippen molar-refractivity contribution < 1.29 is 18.3 Å². The van der Waals surface area contributed by atoms with E-state index >= 15 is 0 Å². The molecule has 1 aromatic heterocycles. The number of aliphatic hydroxyl groups is 1. The Morgan fingerprint density at radius 2 is 2.09 bits per heavy atom. The summed E-state index contributed by atoms with van der Waals surface area (Å²) >= 11 is 1.20. The van der Waals surface area contributed by atoms with Crippen LogP contribution in [-0.4, -0.2) is 32.2 Å². The van der Waals surface area contributed by atoms with Crippen LogP contribution in [0.4, 0.5) is 13.2 Å². The molecule has 1 saturated heterocycles. The van der Waals surface area contributed by atoms with Crippen LogP contribution in [-0.2, 0) is 12.7 Å². The van der Waals surface area contributed by atoms with Crippen molar-refractivity contribution in [3.63, 3.8) is 0 Å². The van der Waals surface area contributed by atoms with Crippen LogP contribution in [0.1, 0.15) is 29.3 Å². The lowest BCUT2D eigenvalue weighted by atomic mass is 9.97. The maximum atomic E-state index is 13.2. The van der Waals surface area contributed by atoms with E-state index in [1.165, 1.54) is 23.7 Å². The number of aromatic nitrogens is 2. The van der Waals surface area contributed by atoms with E-state index in [0.29, 0.717) is 18.8 Å². The van der Waals surface area contributed by atoms with E-state index in [-0.39, 0.29) is 12.0 Å². The zero-order valence-electron chi connectivity index (χ0n) is 11.5. The van der Waals surface area contributed by atoms with Gasteiger partial charge in [0.25, 0.3) is 0 Å². The first-order valence-corrected chi connectivity index (χ1v) is 7.63.